The number of ether oxygens (including phenoxy) is 2. The van der Waals surface area contributed by atoms with Crippen molar-refractivity contribution in [2.75, 3.05) is 7.11 Å². The second-order valence-corrected chi connectivity index (χ2v) is 5.81. The maximum atomic E-state index is 11.9. The summed E-state index contributed by atoms with van der Waals surface area (Å²) < 4.78 is 10.4. The Balaban J connectivity index is 1.72. The smallest absolute Gasteiger partial charge is 0.363 e. The van der Waals surface area contributed by atoms with Crippen LogP contribution in [-0.4, -0.2) is 19.0 Å². The number of carbonyl (C=O) groups is 1. The minimum Gasteiger partial charge on any atom is -0.496 e. The molecule has 0 unspecified atom stereocenters. The molecule has 0 fully saturated rings. The van der Waals surface area contributed by atoms with Gasteiger partial charge < -0.3 is 9.47 Å². The van der Waals surface area contributed by atoms with Crippen LogP contribution in [0.3, 0.4) is 0 Å². The number of hydrogen-bond donors (Lipinski definition) is 0. The molecule has 3 rings (SSSR count). The van der Waals surface area contributed by atoms with E-state index in [2.05, 4.69) is 4.99 Å². The Morgan fingerprint density at radius 1 is 1.04 bits per heavy atom. The zero-order valence-electron chi connectivity index (χ0n) is 14.1. The van der Waals surface area contributed by atoms with Gasteiger partial charge in [-0.05, 0) is 35.9 Å². The number of aliphatic imine (C=N–C) groups is 1. The molecule has 2 aromatic rings. The molecule has 0 N–H and O–H groups in total. The molecule has 0 saturated carbocycles. The van der Waals surface area contributed by atoms with E-state index in [4.69, 9.17) is 21.1 Å². The molecule has 0 aliphatic carbocycles. The highest BCUT2D eigenvalue weighted by Gasteiger charge is 2.20. The molecule has 0 spiro atoms. The van der Waals surface area contributed by atoms with Crippen molar-refractivity contribution in [2.24, 2.45) is 4.99 Å². The van der Waals surface area contributed by atoms with E-state index in [0.29, 0.717) is 5.02 Å². The van der Waals surface area contributed by atoms with Crippen molar-refractivity contribution >= 4 is 35.6 Å². The first-order chi connectivity index (χ1) is 12.7. The van der Waals surface area contributed by atoms with Gasteiger partial charge in [0.2, 0.25) is 5.90 Å². The van der Waals surface area contributed by atoms with Gasteiger partial charge in [-0.25, -0.2) is 9.79 Å². The van der Waals surface area contributed by atoms with Gasteiger partial charge in [0.15, 0.2) is 5.70 Å². The predicted molar refractivity (Wildman–Crippen MR) is 104 cm³/mol. The van der Waals surface area contributed by atoms with Gasteiger partial charge in [0.05, 0.1) is 7.11 Å². The summed E-state index contributed by atoms with van der Waals surface area (Å²) in [6.45, 7) is 0. The van der Waals surface area contributed by atoms with Gasteiger partial charge in [0.25, 0.3) is 0 Å². The second-order valence-electron chi connectivity index (χ2n) is 5.38. The number of allylic oxidation sites excluding steroid dienone is 2. The summed E-state index contributed by atoms with van der Waals surface area (Å²) in [7, 11) is 1.61. The molecule has 0 aromatic heterocycles. The van der Waals surface area contributed by atoms with Crippen LogP contribution in [0.15, 0.2) is 77.4 Å². The van der Waals surface area contributed by atoms with Crippen molar-refractivity contribution in [2.45, 2.75) is 0 Å². The third kappa shape index (κ3) is 4.49. The number of para-hydroxylation sites is 1. The fourth-order valence-electron chi connectivity index (χ4n) is 2.30. The molecule has 2 aromatic carbocycles. The Morgan fingerprint density at radius 3 is 2.58 bits per heavy atom. The molecular weight excluding hydrogens is 350 g/mol. The summed E-state index contributed by atoms with van der Waals surface area (Å²) >= 11 is 5.85. The quantitative estimate of drug-likeness (QED) is 0.558. The zero-order chi connectivity index (χ0) is 18.4. The molecule has 4 nitrogen and oxygen atoms in total. The standard InChI is InChI=1S/C21H16ClNO3/c1-25-19-8-3-2-5-16(19)6-4-7-18-21(24)26-20(23-18)14-11-15-9-12-17(22)13-10-15/h2-14H,1H3/b6-4+,14-11+,18-7+. The molecule has 0 atom stereocenters. The minimum absolute atomic E-state index is 0.243. The topological polar surface area (TPSA) is 47.9 Å². The third-order valence-corrected chi connectivity index (χ3v) is 3.85. The van der Waals surface area contributed by atoms with E-state index in [1.807, 2.05) is 42.5 Å². The summed E-state index contributed by atoms with van der Waals surface area (Å²) in [4.78, 5) is 16.1. The summed E-state index contributed by atoms with van der Waals surface area (Å²) in [5.41, 5.74) is 2.08. The fraction of sp³-hybridized carbons (Fsp3) is 0.0476. The van der Waals surface area contributed by atoms with Crippen LogP contribution in [0, 0.1) is 0 Å². The monoisotopic (exact) mass is 365 g/mol. The minimum atomic E-state index is -0.481. The van der Waals surface area contributed by atoms with Gasteiger partial charge >= 0.3 is 5.97 Å². The number of halogens is 1. The van der Waals surface area contributed by atoms with Gasteiger partial charge in [0, 0.05) is 16.7 Å². The van der Waals surface area contributed by atoms with E-state index in [0.717, 1.165) is 16.9 Å². The first kappa shape index (κ1) is 17.7. The maximum Gasteiger partial charge on any atom is 0.363 e. The Hall–Kier alpha value is -3.11. The van der Waals surface area contributed by atoms with Crippen molar-refractivity contribution in [3.63, 3.8) is 0 Å². The first-order valence-electron chi connectivity index (χ1n) is 7.91. The van der Waals surface area contributed by atoms with Crippen LogP contribution < -0.4 is 4.74 Å². The number of hydrogen-bond acceptors (Lipinski definition) is 4. The van der Waals surface area contributed by atoms with Gasteiger partial charge in [-0.1, -0.05) is 54.1 Å². The number of cyclic esters (lactones) is 1. The Morgan fingerprint density at radius 2 is 1.81 bits per heavy atom. The third-order valence-electron chi connectivity index (χ3n) is 3.59. The molecular formula is C21H16ClNO3. The number of benzene rings is 2. The molecule has 1 aliphatic rings. The highest BCUT2D eigenvalue weighted by molar-refractivity contribution is 6.30. The van der Waals surface area contributed by atoms with Gasteiger partial charge in [-0.15, -0.1) is 0 Å². The lowest BCUT2D eigenvalue weighted by atomic mass is 10.2. The number of nitrogens with zero attached hydrogens (tertiary/aromatic N) is 1. The molecule has 0 amide bonds. The Kier molecular flexibility index (Phi) is 5.66. The molecule has 26 heavy (non-hydrogen) atoms. The van der Waals surface area contributed by atoms with Crippen molar-refractivity contribution in [1.29, 1.82) is 0 Å². The number of rotatable bonds is 5. The number of carbonyl (C=O) groups excluding carboxylic acids is 1. The van der Waals surface area contributed by atoms with Gasteiger partial charge in [0.1, 0.15) is 5.75 Å². The highest BCUT2D eigenvalue weighted by atomic mass is 35.5. The number of methoxy groups -OCH3 is 1. The molecule has 0 saturated heterocycles. The lowest BCUT2D eigenvalue weighted by molar-refractivity contribution is -0.129. The molecule has 1 heterocycles. The lowest BCUT2D eigenvalue weighted by Crippen LogP contribution is -2.00. The van der Waals surface area contributed by atoms with Crippen LogP contribution >= 0.6 is 11.6 Å². The maximum absolute atomic E-state index is 11.9. The predicted octanol–water partition coefficient (Wildman–Crippen LogP) is 4.91. The number of esters is 1. The SMILES string of the molecule is COc1ccccc1/C=C/C=C1N=C(/C=C/c2ccc(Cl)cc2)OC/1=O. The van der Waals surface area contributed by atoms with Gasteiger partial charge in [-0.3, -0.25) is 0 Å². The van der Waals surface area contributed by atoms with Crippen LogP contribution in [-0.2, 0) is 9.53 Å². The molecule has 130 valence electrons. The van der Waals surface area contributed by atoms with Crippen molar-refractivity contribution < 1.29 is 14.3 Å². The van der Waals surface area contributed by atoms with E-state index >= 15 is 0 Å². The van der Waals surface area contributed by atoms with Crippen LogP contribution in [0.4, 0.5) is 0 Å². The van der Waals surface area contributed by atoms with E-state index in [1.165, 1.54) is 0 Å². The lowest BCUT2D eigenvalue weighted by Gasteiger charge is -2.02. The first-order valence-corrected chi connectivity index (χ1v) is 8.29. The van der Waals surface area contributed by atoms with E-state index in [9.17, 15) is 4.79 Å². The van der Waals surface area contributed by atoms with Crippen molar-refractivity contribution in [1.82, 2.24) is 0 Å². The largest absolute Gasteiger partial charge is 0.496 e. The zero-order valence-corrected chi connectivity index (χ0v) is 14.8. The summed E-state index contributed by atoms with van der Waals surface area (Å²) in [6, 6.07) is 14.9. The Bertz CT molecular complexity index is 925. The van der Waals surface area contributed by atoms with Gasteiger partial charge in [-0.2, -0.15) is 0 Å². The normalized spacial score (nSPS) is 15.7. The van der Waals surface area contributed by atoms with Crippen LogP contribution in [0.2, 0.25) is 5.02 Å². The van der Waals surface area contributed by atoms with E-state index < -0.39 is 5.97 Å². The van der Waals surface area contributed by atoms with E-state index in [-0.39, 0.29) is 11.6 Å². The molecule has 0 radical (unpaired) electrons. The van der Waals surface area contributed by atoms with E-state index in [1.54, 1.807) is 43.5 Å². The average Bonchev–Trinajstić information content (AvgIpc) is 3.01. The highest BCUT2D eigenvalue weighted by Crippen LogP contribution is 2.19. The second kappa shape index (κ2) is 8.32. The van der Waals surface area contributed by atoms with Crippen LogP contribution in [0.5, 0.6) is 5.75 Å². The summed E-state index contributed by atoms with van der Waals surface area (Å²) in [6.07, 6.45) is 8.64. The molecule has 1 aliphatic heterocycles. The Labute approximate surface area is 156 Å². The molecule has 5 heteroatoms. The fourth-order valence-corrected chi connectivity index (χ4v) is 2.43. The molecule has 0 bridgehead atoms. The van der Waals surface area contributed by atoms with Crippen LogP contribution in [0.1, 0.15) is 11.1 Å². The summed E-state index contributed by atoms with van der Waals surface area (Å²) in [5, 5.41) is 0.666. The van der Waals surface area contributed by atoms with Crippen molar-refractivity contribution in [3.05, 3.63) is 88.6 Å². The van der Waals surface area contributed by atoms with Crippen LogP contribution in [0.25, 0.3) is 12.2 Å². The van der Waals surface area contributed by atoms with Crippen molar-refractivity contribution in [3.8, 4) is 5.75 Å². The average molecular weight is 366 g/mol. The summed E-state index contributed by atoms with van der Waals surface area (Å²) in [5.74, 6) is 0.526.